The Kier molecular flexibility index (Phi) is 5.61. The first kappa shape index (κ1) is 11.6. The topological polar surface area (TPSA) is 87.9 Å². The molecule has 2 N–H and O–H groups in total. The molecule has 0 bridgehead atoms. The second kappa shape index (κ2) is 5.31. The molecule has 6 nitrogen and oxygen atoms in total. The summed E-state index contributed by atoms with van der Waals surface area (Å²) in [7, 11) is -3.84. The lowest BCUT2D eigenvalue weighted by Crippen LogP contribution is -2.02. The molecule has 0 atom stereocenters. The van der Waals surface area contributed by atoms with Crippen LogP contribution in [0.2, 0.25) is 0 Å². The van der Waals surface area contributed by atoms with Crippen molar-refractivity contribution in [3.05, 3.63) is 0 Å². The average Bonchev–Trinajstić information content (AvgIpc) is 2.00. The van der Waals surface area contributed by atoms with Crippen LogP contribution in [0.1, 0.15) is 0 Å². The number of rotatable bonds is 4. The van der Waals surface area contributed by atoms with Crippen LogP contribution < -0.4 is 5.73 Å². The smallest absolute Gasteiger partial charge is 0.359 e. The molecule has 0 saturated heterocycles. The lowest BCUT2D eigenvalue weighted by atomic mass is 11.5. The molecule has 0 unspecified atom stereocenters. The third kappa shape index (κ3) is 4.96. The van der Waals surface area contributed by atoms with Crippen LogP contribution in [0.3, 0.4) is 0 Å². The van der Waals surface area contributed by atoms with E-state index < -0.39 is 13.1 Å². The quantitative estimate of drug-likeness (QED) is 0.390. The van der Waals surface area contributed by atoms with Crippen LogP contribution in [0, 0.1) is 0 Å². The summed E-state index contributed by atoms with van der Waals surface area (Å²) >= 11 is 6.43. The molecule has 0 heterocycles. The van der Waals surface area contributed by atoms with Gasteiger partial charge in [-0.1, -0.05) is 0 Å². The van der Waals surface area contributed by atoms with Gasteiger partial charge in [-0.3, -0.25) is 4.79 Å². The summed E-state index contributed by atoms with van der Waals surface area (Å²) in [5.74, 6) is 0. The fraction of sp³-hybridized carbons (Fsp3) is 0. The zero-order valence-electron chi connectivity index (χ0n) is 4.87. The zero-order chi connectivity index (χ0) is 8.91. The summed E-state index contributed by atoms with van der Waals surface area (Å²) in [6.45, 7) is 0. The Labute approximate surface area is 78.2 Å². The second-order valence-electron chi connectivity index (χ2n) is 1.09. The van der Waals surface area contributed by atoms with Crippen LogP contribution >= 0.6 is 45.7 Å². The predicted octanol–water partition coefficient (Wildman–Crippen LogP) is 1.56. The first-order chi connectivity index (χ1) is 5.04. The van der Waals surface area contributed by atoms with Crippen molar-refractivity contribution in [2.45, 2.75) is 0 Å². The summed E-state index contributed by atoms with van der Waals surface area (Å²) in [5.41, 5.74) is 4.63. The highest BCUT2D eigenvalue weighted by atomic mass is 32.2. The molecule has 0 aromatic carbocycles. The third-order valence-corrected chi connectivity index (χ3v) is 3.20. The fourth-order valence-corrected chi connectivity index (χ4v) is 1.88. The number of phosphoric acid groups is 1. The van der Waals surface area contributed by atoms with E-state index in [0.717, 1.165) is 0 Å². The maximum atomic E-state index is 10.8. The second-order valence-corrected chi connectivity index (χ2v) is 4.45. The number of hydrogen-bond acceptors (Lipinski definition) is 8. The van der Waals surface area contributed by atoms with Crippen molar-refractivity contribution in [3.8, 4) is 0 Å². The third-order valence-electron chi connectivity index (χ3n) is 0.411. The minimum Gasteiger partial charge on any atom is -0.359 e. The summed E-state index contributed by atoms with van der Waals surface area (Å²) in [5, 5.41) is -0.888. The number of primary amides is 1. The minimum absolute atomic E-state index is 0.115. The Bertz CT molecular complexity index is 177. The molecule has 0 fully saturated rings. The molecular weight excluding hydrogens is 233 g/mol. The SMILES string of the molecule is NC(=O)SOP(=O)(OS)OS. The number of thiol groups is 2. The van der Waals surface area contributed by atoms with E-state index in [4.69, 9.17) is 0 Å². The molecule has 11 heavy (non-hydrogen) atoms. The van der Waals surface area contributed by atoms with E-state index in [-0.39, 0.29) is 12.0 Å². The van der Waals surface area contributed by atoms with E-state index in [0.29, 0.717) is 0 Å². The van der Waals surface area contributed by atoms with Crippen LogP contribution in [-0.2, 0) is 16.5 Å². The molecule has 0 aromatic heterocycles. The molecule has 0 saturated carbocycles. The first-order valence-electron chi connectivity index (χ1n) is 1.96. The van der Waals surface area contributed by atoms with Gasteiger partial charge in [0.15, 0.2) is 0 Å². The van der Waals surface area contributed by atoms with Gasteiger partial charge in [-0.2, -0.15) is 0 Å². The summed E-state index contributed by atoms with van der Waals surface area (Å²) < 4.78 is 22.9. The van der Waals surface area contributed by atoms with Crippen molar-refractivity contribution >= 4 is 50.9 Å². The number of carbonyl (C=O) groups is 1. The van der Waals surface area contributed by atoms with Gasteiger partial charge in [0.25, 0.3) is 0 Å². The van der Waals surface area contributed by atoms with E-state index in [2.05, 4.69) is 43.5 Å². The molecule has 1 amide bonds. The molecule has 0 aliphatic rings. The molecule has 0 rings (SSSR count). The lowest BCUT2D eigenvalue weighted by molar-refractivity contribution is 0.265. The van der Waals surface area contributed by atoms with Crippen LogP contribution in [0.15, 0.2) is 0 Å². The summed E-state index contributed by atoms with van der Waals surface area (Å²) in [4.78, 5) is 10.1. The molecule has 0 aliphatic carbocycles. The van der Waals surface area contributed by atoms with E-state index in [9.17, 15) is 9.36 Å². The highest BCUT2D eigenvalue weighted by Gasteiger charge is 2.26. The highest BCUT2D eigenvalue weighted by Crippen LogP contribution is 2.54. The Morgan fingerprint density at radius 1 is 1.45 bits per heavy atom. The Morgan fingerprint density at radius 3 is 2.18 bits per heavy atom. The van der Waals surface area contributed by atoms with Gasteiger partial charge < -0.3 is 5.73 Å². The zero-order valence-corrected chi connectivity index (χ0v) is 8.37. The molecule has 0 aliphatic heterocycles. The number of carbonyl (C=O) groups excluding carboxylic acids is 1. The van der Waals surface area contributed by atoms with Gasteiger partial charge in [0.2, 0.25) is 0 Å². The molecule has 10 heteroatoms. The maximum Gasteiger partial charge on any atom is 0.508 e. The van der Waals surface area contributed by atoms with Crippen LogP contribution in [0.25, 0.3) is 0 Å². The average molecular weight is 237 g/mol. The predicted molar refractivity (Wildman–Crippen MR) is 46.0 cm³/mol. The standard InChI is InChI=1S/CH4NO5PS3/c2-1(3)11-7-8(4,5-9)6-10/h9-10H,(H2,2,3). The van der Waals surface area contributed by atoms with Gasteiger partial charge >= 0.3 is 13.1 Å². The van der Waals surface area contributed by atoms with Crippen molar-refractivity contribution in [2.75, 3.05) is 0 Å². The van der Waals surface area contributed by atoms with Crippen LogP contribution in [-0.4, -0.2) is 5.24 Å². The monoisotopic (exact) mass is 237 g/mol. The largest absolute Gasteiger partial charge is 0.508 e. The Balaban J connectivity index is 3.89. The minimum atomic E-state index is -3.84. The van der Waals surface area contributed by atoms with Crippen LogP contribution in [0.4, 0.5) is 4.79 Å². The van der Waals surface area contributed by atoms with Gasteiger partial charge in [-0.15, -0.1) is 0 Å². The van der Waals surface area contributed by atoms with E-state index in [1.165, 1.54) is 0 Å². The molecule has 0 aromatic rings. The first-order valence-corrected chi connectivity index (χ1v) is 4.89. The fourth-order valence-electron chi connectivity index (χ4n) is 0.124. The normalized spacial score (nSPS) is 11.5. The molecule has 66 valence electrons. The van der Waals surface area contributed by atoms with Gasteiger partial charge in [0, 0.05) is 0 Å². The van der Waals surface area contributed by atoms with Crippen molar-refractivity contribution in [2.24, 2.45) is 5.73 Å². The summed E-state index contributed by atoms with van der Waals surface area (Å²) in [6.07, 6.45) is 0. The Hall–Kier alpha value is 0.630. The van der Waals surface area contributed by atoms with E-state index >= 15 is 0 Å². The number of amides is 1. The van der Waals surface area contributed by atoms with Crippen molar-refractivity contribution in [3.63, 3.8) is 0 Å². The van der Waals surface area contributed by atoms with Gasteiger partial charge in [0.1, 0.15) is 12.0 Å². The summed E-state index contributed by atoms with van der Waals surface area (Å²) in [6, 6.07) is 0. The number of nitrogens with two attached hydrogens (primary N) is 1. The van der Waals surface area contributed by atoms with Crippen molar-refractivity contribution in [1.29, 1.82) is 0 Å². The Morgan fingerprint density at radius 2 is 1.91 bits per heavy atom. The lowest BCUT2D eigenvalue weighted by Gasteiger charge is -2.06. The van der Waals surface area contributed by atoms with Crippen molar-refractivity contribution < 1.29 is 21.3 Å². The number of hydrogen-bond donors (Lipinski definition) is 3. The highest BCUT2D eigenvalue weighted by molar-refractivity contribution is 8.12. The van der Waals surface area contributed by atoms with Gasteiger partial charge in [-0.25, -0.2) is 16.5 Å². The molecule has 0 spiro atoms. The van der Waals surface area contributed by atoms with E-state index in [1.54, 1.807) is 0 Å². The van der Waals surface area contributed by atoms with Crippen LogP contribution in [0.5, 0.6) is 0 Å². The maximum absolute atomic E-state index is 10.8. The molecular formula is CH4NO5PS3. The van der Waals surface area contributed by atoms with Crippen molar-refractivity contribution in [1.82, 2.24) is 0 Å². The molecule has 0 radical (unpaired) electrons. The van der Waals surface area contributed by atoms with Gasteiger partial charge in [-0.05, 0) is 25.8 Å². The van der Waals surface area contributed by atoms with Gasteiger partial charge in [0.05, 0.1) is 0 Å². The van der Waals surface area contributed by atoms with E-state index in [1.807, 2.05) is 0 Å².